The molecule has 2 rings (SSSR count). The van der Waals surface area contributed by atoms with Gasteiger partial charge in [0.05, 0.1) is 0 Å². The number of hydrogen-bond donors (Lipinski definition) is 0. The van der Waals surface area contributed by atoms with E-state index in [0.29, 0.717) is 5.88 Å². The monoisotopic (exact) mass is 209 g/mol. The van der Waals surface area contributed by atoms with Crippen LogP contribution in [0.1, 0.15) is 5.56 Å². The second-order valence-electron chi connectivity index (χ2n) is 2.69. The van der Waals surface area contributed by atoms with Gasteiger partial charge in [-0.05, 0) is 23.1 Å². The summed E-state index contributed by atoms with van der Waals surface area (Å²) in [5.41, 5.74) is 2.21. The molecule has 0 aliphatic carbocycles. The Hall–Kier alpha value is -0.860. The van der Waals surface area contributed by atoms with Crippen molar-refractivity contribution in [3.05, 3.63) is 41.5 Å². The Kier molecular flexibility index (Phi) is 2.62. The fraction of sp³-hybridized carbons (Fsp3) is 0.100. The van der Waals surface area contributed by atoms with Crippen LogP contribution in [-0.2, 0) is 5.88 Å². The van der Waals surface area contributed by atoms with Gasteiger partial charge >= 0.3 is 0 Å². The highest BCUT2D eigenvalue weighted by Gasteiger charge is 1.99. The standard InChI is InChI=1S/C10H8ClNS/c11-5-8-4-9(7-12-6-8)10-2-1-3-13-10/h1-4,6-7H,5H2. The topological polar surface area (TPSA) is 12.9 Å². The number of thiophene rings is 1. The summed E-state index contributed by atoms with van der Waals surface area (Å²) < 4.78 is 0. The highest BCUT2D eigenvalue weighted by Crippen LogP contribution is 2.24. The first-order valence-electron chi connectivity index (χ1n) is 3.94. The largest absolute Gasteiger partial charge is 0.264 e. The van der Waals surface area contributed by atoms with E-state index in [9.17, 15) is 0 Å². The van der Waals surface area contributed by atoms with Crippen LogP contribution >= 0.6 is 22.9 Å². The number of aromatic nitrogens is 1. The fourth-order valence-electron chi connectivity index (χ4n) is 1.14. The maximum Gasteiger partial charge on any atom is 0.0489 e. The predicted octanol–water partition coefficient (Wildman–Crippen LogP) is 3.55. The maximum absolute atomic E-state index is 5.72. The Balaban J connectivity index is 2.41. The van der Waals surface area contributed by atoms with Crippen LogP contribution in [-0.4, -0.2) is 4.98 Å². The van der Waals surface area contributed by atoms with Gasteiger partial charge in [-0.25, -0.2) is 0 Å². The van der Waals surface area contributed by atoms with E-state index in [1.54, 1.807) is 17.5 Å². The second kappa shape index (κ2) is 3.90. The molecular weight excluding hydrogens is 202 g/mol. The normalized spacial score (nSPS) is 10.2. The Morgan fingerprint density at radius 3 is 3.00 bits per heavy atom. The van der Waals surface area contributed by atoms with E-state index in [-0.39, 0.29) is 0 Å². The lowest BCUT2D eigenvalue weighted by molar-refractivity contribution is 1.25. The lowest BCUT2D eigenvalue weighted by atomic mass is 10.2. The van der Waals surface area contributed by atoms with Crippen LogP contribution < -0.4 is 0 Å². The Morgan fingerprint density at radius 1 is 1.38 bits per heavy atom. The number of alkyl halides is 1. The number of hydrogen-bond acceptors (Lipinski definition) is 2. The van der Waals surface area contributed by atoms with Gasteiger partial charge in [0.1, 0.15) is 0 Å². The van der Waals surface area contributed by atoms with E-state index in [4.69, 9.17) is 11.6 Å². The molecule has 0 radical (unpaired) electrons. The molecule has 0 aliphatic rings. The molecule has 0 N–H and O–H groups in total. The Bertz CT molecular complexity index is 384. The molecule has 0 atom stereocenters. The SMILES string of the molecule is ClCc1cncc(-c2cccs2)c1. The zero-order valence-corrected chi connectivity index (χ0v) is 8.48. The Morgan fingerprint density at radius 2 is 2.31 bits per heavy atom. The molecule has 0 amide bonds. The summed E-state index contributed by atoms with van der Waals surface area (Å²) in [5.74, 6) is 0.520. The average molecular weight is 210 g/mol. The summed E-state index contributed by atoms with van der Waals surface area (Å²) in [7, 11) is 0. The minimum absolute atomic E-state index is 0.520. The number of pyridine rings is 1. The van der Waals surface area contributed by atoms with Gasteiger partial charge in [-0.15, -0.1) is 22.9 Å². The molecule has 2 heterocycles. The van der Waals surface area contributed by atoms with Gasteiger partial charge in [-0.2, -0.15) is 0 Å². The fourth-order valence-corrected chi connectivity index (χ4v) is 1.99. The van der Waals surface area contributed by atoms with Gasteiger partial charge in [0.2, 0.25) is 0 Å². The van der Waals surface area contributed by atoms with Crippen molar-refractivity contribution in [3.63, 3.8) is 0 Å². The first-order chi connectivity index (χ1) is 6.40. The van der Waals surface area contributed by atoms with E-state index in [2.05, 4.69) is 22.5 Å². The lowest BCUT2D eigenvalue weighted by Gasteiger charge is -1.98. The van der Waals surface area contributed by atoms with E-state index in [1.165, 1.54) is 4.88 Å². The summed E-state index contributed by atoms with van der Waals surface area (Å²) in [6.45, 7) is 0. The van der Waals surface area contributed by atoms with E-state index < -0.39 is 0 Å². The third kappa shape index (κ3) is 1.90. The van der Waals surface area contributed by atoms with Crippen molar-refractivity contribution in [2.75, 3.05) is 0 Å². The van der Waals surface area contributed by atoms with Crippen molar-refractivity contribution < 1.29 is 0 Å². The highest BCUT2D eigenvalue weighted by atomic mass is 35.5. The van der Waals surface area contributed by atoms with Crippen molar-refractivity contribution in [2.45, 2.75) is 5.88 Å². The van der Waals surface area contributed by atoms with Crippen molar-refractivity contribution in [3.8, 4) is 10.4 Å². The summed E-state index contributed by atoms with van der Waals surface area (Å²) in [4.78, 5) is 5.37. The molecule has 0 saturated heterocycles. The summed E-state index contributed by atoms with van der Waals surface area (Å²) >= 11 is 7.44. The molecule has 0 fully saturated rings. The number of rotatable bonds is 2. The molecule has 1 nitrogen and oxygen atoms in total. The van der Waals surface area contributed by atoms with Crippen molar-refractivity contribution >= 4 is 22.9 Å². The van der Waals surface area contributed by atoms with Gasteiger partial charge in [-0.3, -0.25) is 4.98 Å². The maximum atomic E-state index is 5.72. The third-order valence-electron chi connectivity index (χ3n) is 1.75. The lowest BCUT2D eigenvalue weighted by Crippen LogP contribution is -1.82. The molecule has 2 aromatic heterocycles. The first kappa shape index (κ1) is 8.73. The zero-order valence-electron chi connectivity index (χ0n) is 6.90. The molecule has 66 valence electrons. The van der Waals surface area contributed by atoms with Crippen molar-refractivity contribution in [1.82, 2.24) is 4.98 Å². The van der Waals surface area contributed by atoms with Gasteiger partial charge in [0, 0.05) is 28.7 Å². The van der Waals surface area contributed by atoms with Crippen LogP contribution in [0.5, 0.6) is 0 Å². The van der Waals surface area contributed by atoms with Crippen molar-refractivity contribution in [2.24, 2.45) is 0 Å². The quantitative estimate of drug-likeness (QED) is 0.690. The molecule has 13 heavy (non-hydrogen) atoms. The molecule has 0 saturated carbocycles. The van der Waals surface area contributed by atoms with Gasteiger partial charge < -0.3 is 0 Å². The molecule has 0 spiro atoms. The summed E-state index contributed by atoms with van der Waals surface area (Å²) in [6.07, 6.45) is 3.66. The summed E-state index contributed by atoms with van der Waals surface area (Å²) in [5, 5.41) is 2.06. The number of halogens is 1. The van der Waals surface area contributed by atoms with Crippen LogP contribution in [0.4, 0.5) is 0 Å². The van der Waals surface area contributed by atoms with Gasteiger partial charge in [0.15, 0.2) is 0 Å². The van der Waals surface area contributed by atoms with Crippen LogP contribution in [0.25, 0.3) is 10.4 Å². The predicted molar refractivity (Wildman–Crippen MR) is 57.1 cm³/mol. The molecular formula is C10H8ClNS. The van der Waals surface area contributed by atoms with Gasteiger partial charge in [-0.1, -0.05) is 6.07 Å². The van der Waals surface area contributed by atoms with E-state index in [0.717, 1.165) is 11.1 Å². The first-order valence-corrected chi connectivity index (χ1v) is 5.35. The van der Waals surface area contributed by atoms with Gasteiger partial charge in [0.25, 0.3) is 0 Å². The van der Waals surface area contributed by atoms with Crippen LogP contribution in [0.3, 0.4) is 0 Å². The average Bonchev–Trinajstić information content (AvgIpc) is 2.71. The van der Waals surface area contributed by atoms with Crippen LogP contribution in [0.2, 0.25) is 0 Å². The summed E-state index contributed by atoms with van der Waals surface area (Å²) in [6, 6.07) is 6.19. The number of nitrogens with zero attached hydrogens (tertiary/aromatic N) is 1. The smallest absolute Gasteiger partial charge is 0.0489 e. The molecule has 0 aliphatic heterocycles. The second-order valence-corrected chi connectivity index (χ2v) is 3.91. The minimum atomic E-state index is 0.520. The van der Waals surface area contributed by atoms with Crippen molar-refractivity contribution in [1.29, 1.82) is 0 Å². The Labute approximate surface area is 86.0 Å². The highest BCUT2D eigenvalue weighted by molar-refractivity contribution is 7.13. The van der Waals surface area contributed by atoms with E-state index >= 15 is 0 Å². The van der Waals surface area contributed by atoms with E-state index in [1.807, 2.05) is 12.3 Å². The molecule has 3 heteroatoms. The molecule has 0 unspecified atom stereocenters. The minimum Gasteiger partial charge on any atom is -0.264 e. The zero-order chi connectivity index (χ0) is 9.10. The molecule has 0 aromatic carbocycles. The third-order valence-corrected chi connectivity index (χ3v) is 2.98. The molecule has 0 bridgehead atoms. The molecule has 2 aromatic rings. The van der Waals surface area contributed by atoms with Crippen LogP contribution in [0, 0.1) is 0 Å². The van der Waals surface area contributed by atoms with Crippen LogP contribution in [0.15, 0.2) is 36.0 Å².